The molecular weight excluding hydrogens is 306 g/mol. The number of hydrogen-bond acceptors (Lipinski definition) is 4. The predicted molar refractivity (Wildman–Crippen MR) is 87.3 cm³/mol. The van der Waals surface area contributed by atoms with Gasteiger partial charge in [0.15, 0.2) is 0 Å². The van der Waals surface area contributed by atoms with Crippen LogP contribution >= 0.6 is 0 Å². The van der Waals surface area contributed by atoms with Crippen molar-refractivity contribution in [3.8, 4) is 0 Å². The second kappa shape index (κ2) is 5.72. The number of benzene rings is 1. The Morgan fingerprint density at radius 3 is 2.21 bits per heavy atom. The van der Waals surface area contributed by atoms with E-state index in [1.165, 1.54) is 4.90 Å². The van der Waals surface area contributed by atoms with Crippen LogP contribution in [0.3, 0.4) is 0 Å². The highest BCUT2D eigenvalue weighted by Gasteiger charge is 2.61. The van der Waals surface area contributed by atoms with Crippen LogP contribution in [0.4, 0.5) is 5.69 Å². The Balaban J connectivity index is 1.55. The van der Waals surface area contributed by atoms with E-state index >= 15 is 0 Å². The zero-order chi connectivity index (χ0) is 16.8. The van der Waals surface area contributed by atoms with E-state index in [4.69, 9.17) is 4.74 Å². The largest absolute Gasteiger partial charge is 0.462 e. The number of anilines is 1. The Bertz CT molecular complexity index is 668. The Morgan fingerprint density at radius 1 is 1.08 bits per heavy atom. The highest BCUT2D eigenvalue weighted by atomic mass is 16.5. The number of ether oxygens (including phenoxy) is 1. The smallest absolute Gasteiger partial charge is 0.338 e. The van der Waals surface area contributed by atoms with Crippen LogP contribution < -0.4 is 4.90 Å². The lowest BCUT2D eigenvalue weighted by atomic mass is 9.81. The summed E-state index contributed by atoms with van der Waals surface area (Å²) in [6, 6.07) is 6.58. The molecule has 3 aliphatic rings. The molecule has 2 amide bonds. The van der Waals surface area contributed by atoms with Crippen molar-refractivity contribution in [2.24, 2.45) is 23.7 Å². The van der Waals surface area contributed by atoms with Crippen LogP contribution in [0.25, 0.3) is 0 Å². The lowest BCUT2D eigenvalue weighted by molar-refractivity contribution is -0.123. The molecule has 4 atom stereocenters. The van der Waals surface area contributed by atoms with Gasteiger partial charge in [-0.05, 0) is 61.8 Å². The molecule has 3 fully saturated rings. The van der Waals surface area contributed by atoms with E-state index in [1.807, 2.05) is 6.92 Å². The molecule has 24 heavy (non-hydrogen) atoms. The van der Waals surface area contributed by atoms with Gasteiger partial charge >= 0.3 is 5.97 Å². The Morgan fingerprint density at radius 2 is 1.67 bits per heavy atom. The van der Waals surface area contributed by atoms with Crippen molar-refractivity contribution in [3.05, 3.63) is 29.8 Å². The molecular formula is C19H21NO4. The normalized spacial score (nSPS) is 30.8. The van der Waals surface area contributed by atoms with E-state index in [1.54, 1.807) is 24.3 Å². The first-order chi connectivity index (χ1) is 11.6. The van der Waals surface area contributed by atoms with Crippen LogP contribution in [0.5, 0.6) is 0 Å². The third-order valence-corrected chi connectivity index (χ3v) is 5.73. The number of carbonyl (C=O) groups is 3. The number of imide groups is 1. The zero-order valence-corrected chi connectivity index (χ0v) is 13.7. The predicted octanol–water partition coefficient (Wildman–Crippen LogP) is 2.79. The lowest BCUT2D eigenvalue weighted by Crippen LogP contribution is -2.32. The van der Waals surface area contributed by atoms with Gasteiger partial charge in [0, 0.05) is 0 Å². The van der Waals surface area contributed by atoms with E-state index in [-0.39, 0.29) is 29.6 Å². The summed E-state index contributed by atoms with van der Waals surface area (Å²) >= 11 is 0. The number of fused-ring (bicyclic) bond motifs is 5. The average Bonchev–Trinajstić information content (AvgIpc) is 3.27. The second-order valence-electron chi connectivity index (χ2n) is 7.08. The van der Waals surface area contributed by atoms with E-state index < -0.39 is 0 Å². The van der Waals surface area contributed by atoms with Crippen molar-refractivity contribution >= 4 is 23.5 Å². The maximum Gasteiger partial charge on any atom is 0.338 e. The van der Waals surface area contributed by atoms with Crippen molar-refractivity contribution in [1.82, 2.24) is 0 Å². The van der Waals surface area contributed by atoms with Gasteiger partial charge in [-0.3, -0.25) is 14.5 Å². The maximum absolute atomic E-state index is 12.8. The van der Waals surface area contributed by atoms with Crippen molar-refractivity contribution < 1.29 is 19.1 Å². The molecule has 5 heteroatoms. The number of carbonyl (C=O) groups excluding carboxylic acids is 3. The summed E-state index contributed by atoms with van der Waals surface area (Å²) in [5.41, 5.74) is 0.998. The first-order valence-electron chi connectivity index (χ1n) is 8.76. The first-order valence-corrected chi connectivity index (χ1v) is 8.76. The molecule has 0 unspecified atom stereocenters. The quantitative estimate of drug-likeness (QED) is 0.630. The van der Waals surface area contributed by atoms with Gasteiger partial charge in [0.25, 0.3) is 0 Å². The summed E-state index contributed by atoms with van der Waals surface area (Å²) in [5.74, 6) is 0.0276. The molecule has 4 rings (SSSR count). The van der Waals surface area contributed by atoms with Gasteiger partial charge in [-0.25, -0.2) is 4.79 Å². The van der Waals surface area contributed by atoms with Gasteiger partial charge in [0.1, 0.15) is 0 Å². The number of amides is 2. The maximum atomic E-state index is 12.8. The highest BCUT2D eigenvalue weighted by molar-refractivity contribution is 6.22. The summed E-state index contributed by atoms with van der Waals surface area (Å²) in [4.78, 5) is 38.7. The molecule has 126 valence electrons. The SMILES string of the molecule is CCCOC(=O)c1ccc(N2C(=O)[C@@H]3[C@@H]4CC[C@@H](C4)[C@@H]3C2=O)cc1. The molecule has 1 aromatic rings. The molecule has 2 saturated carbocycles. The molecule has 0 radical (unpaired) electrons. The van der Waals surface area contributed by atoms with Crippen molar-refractivity contribution in [2.75, 3.05) is 11.5 Å². The van der Waals surface area contributed by atoms with Gasteiger partial charge in [-0.1, -0.05) is 6.92 Å². The molecule has 1 saturated heterocycles. The van der Waals surface area contributed by atoms with E-state index in [9.17, 15) is 14.4 Å². The third kappa shape index (κ3) is 2.18. The minimum absolute atomic E-state index is 0.0569. The first kappa shape index (κ1) is 15.4. The summed E-state index contributed by atoms with van der Waals surface area (Å²) < 4.78 is 5.10. The fourth-order valence-corrected chi connectivity index (χ4v) is 4.69. The number of hydrogen-bond donors (Lipinski definition) is 0. The van der Waals surface area contributed by atoms with Crippen LogP contribution in [0.2, 0.25) is 0 Å². The van der Waals surface area contributed by atoms with Crippen LogP contribution in [0.1, 0.15) is 43.0 Å². The number of rotatable bonds is 4. The van der Waals surface area contributed by atoms with Crippen molar-refractivity contribution in [3.63, 3.8) is 0 Å². The molecule has 5 nitrogen and oxygen atoms in total. The molecule has 0 spiro atoms. The minimum Gasteiger partial charge on any atom is -0.462 e. The summed E-state index contributed by atoms with van der Waals surface area (Å²) in [6.07, 6.45) is 3.94. The van der Waals surface area contributed by atoms with Gasteiger partial charge in [-0.15, -0.1) is 0 Å². The van der Waals surface area contributed by atoms with Crippen LogP contribution in [0, 0.1) is 23.7 Å². The van der Waals surface area contributed by atoms with E-state index in [0.717, 1.165) is 25.7 Å². The second-order valence-corrected chi connectivity index (χ2v) is 7.08. The van der Waals surface area contributed by atoms with Crippen LogP contribution in [-0.2, 0) is 14.3 Å². The Hall–Kier alpha value is -2.17. The van der Waals surface area contributed by atoms with Gasteiger partial charge < -0.3 is 4.74 Å². The molecule has 1 aromatic carbocycles. The van der Waals surface area contributed by atoms with E-state index in [0.29, 0.717) is 29.7 Å². The number of esters is 1. The molecule has 0 aromatic heterocycles. The Kier molecular flexibility index (Phi) is 3.66. The average molecular weight is 327 g/mol. The van der Waals surface area contributed by atoms with E-state index in [2.05, 4.69) is 0 Å². The van der Waals surface area contributed by atoms with Gasteiger partial charge in [-0.2, -0.15) is 0 Å². The van der Waals surface area contributed by atoms with Crippen molar-refractivity contribution in [1.29, 1.82) is 0 Å². The Labute approximate surface area is 141 Å². The van der Waals surface area contributed by atoms with Crippen molar-refractivity contribution in [2.45, 2.75) is 32.6 Å². The molecule has 2 bridgehead atoms. The molecule has 0 N–H and O–H groups in total. The summed E-state index contributed by atoms with van der Waals surface area (Å²) in [7, 11) is 0. The van der Waals surface area contributed by atoms with Crippen LogP contribution in [-0.4, -0.2) is 24.4 Å². The number of nitrogens with zero attached hydrogens (tertiary/aromatic N) is 1. The fourth-order valence-electron chi connectivity index (χ4n) is 4.69. The minimum atomic E-state index is -0.377. The monoisotopic (exact) mass is 327 g/mol. The summed E-state index contributed by atoms with van der Waals surface area (Å²) in [5, 5.41) is 0. The standard InChI is InChI=1S/C19H21NO4/c1-2-9-24-19(23)11-5-7-14(8-6-11)20-17(21)15-12-3-4-13(10-12)16(15)18(20)22/h5-8,12-13,15-16H,2-4,9-10H2,1H3/t12-,13+,15-,16+. The lowest BCUT2D eigenvalue weighted by Gasteiger charge is -2.19. The van der Waals surface area contributed by atoms with Gasteiger partial charge in [0.05, 0.1) is 29.7 Å². The van der Waals surface area contributed by atoms with Gasteiger partial charge in [0.2, 0.25) is 11.8 Å². The van der Waals surface area contributed by atoms with Crippen LogP contribution in [0.15, 0.2) is 24.3 Å². The third-order valence-electron chi connectivity index (χ3n) is 5.73. The fraction of sp³-hybridized carbons (Fsp3) is 0.526. The zero-order valence-electron chi connectivity index (χ0n) is 13.7. The molecule has 1 aliphatic heterocycles. The topological polar surface area (TPSA) is 63.7 Å². The summed E-state index contributed by atoms with van der Waals surface area (Å²) in [6.45, 7) is 2.32. The highest BCUT2D eigenvalue weighted by Crippen LogP contribution is 2.56. The molecule has 1 heterocycles. The molecule has 2 aliphatic carbocycles.